The lowest BCUT2D eigenvalue weighted by molar-refractivity contribution is 0.104. The van der Waals surface area contributed by atoms with Gasteiger partial charge in [-0.25, -0.2) is 4.57 Å². The molecule has 0 spiro atoms. The van der Waals surface area contributed by atoms with Gasteiger partial charge in [-0.1, -0.05) is 48.5 Å². The molecule has 2 aromatic rings. The van der Waals surface area contributed by atoms with Crippen molar-refractivity contribution >= 4 is 7.82 Å². The van der Waals surface area contributed by atoms with Crippen molar-refractivity contribution < 1.29 is 18.1 Å². The fourth-order valence-corrected chi connectivity index (χ4v) is 3.68. The molecule has 124 valence electrons. The molecule has 0 aromatic heterocycles. The van der Waals surface area contributed by atoms with Gasteiger partial charge >= 0.3 is 7.82 Å². The van der Waals surface area contributed by atoms with Crippen LogP contribution in [0.25, 0.3) is 11.1 Å². The van der Waals surface area contributed by atoms with Crippen molar-refractivity contribution in [3.63, 3.8) is 0 Å². The molecule has 0 saturated heterocycles. The van der Waals surface area contributed by atoms with Gasteiger partial charge in [0.25, 0.3) is 0 Å². The van der Waals surface area contributed by atoms with E-state index in [9.17, 15) is 4.57 Å². The number of benzene rings is 2. The molecule has 4 nitrogen and oxygen atoms in total. The van der Waals surface area contributed by atoms with Crippen LogP contribution in [0.15, 0.2) is 54.6 Å². The lowest BCUT2D eigenvalue weighted by Crippen LogP contribution is -2.12. The Morgan fingerprint density at radius 2 is 1.30 bits per heavy atom. The summed E-state index contributed by atoms with van der Waals surface area (Å²) in [4.78, 5) is 0. The van der Waals surface area contributed by atoms with E-state index in [-0.39, 0.29) is 12.2 Å². The van der Waals surface area contributed by atoms with E-state index in [1.165, 1.54) is 0 Å². The van der Waals surface area contributed by atoms with Gasteiger partial charge in [-0.05, 0) is 39.3 Å². The topological polar surface area (TPSA) is 44.8 Å². The summed E-state index contributed by atoms with van der Waals surface area (Å²) in [5, 5.41) is 0. The van der Waals surface area contributed by atoms with Gasteiger partial charge in [0.15, 0.2) is 0 Å². The minimum atomic E-state index is -3.70. The number of phosphoric ester groups is 1. The summed E-state index contributed by atoms with van der Waals surface area (Å²) in [5.41, 5.74) is 1.82. The largest absolute Gasteiger partial charge is 0.530 e. The highest BCUT2D eigenvalue weighted by Gasteiger charge is 2.32. The monoisotopic (exact) mass is 334 g/mol. The van der Waals surface area contributed by atoms with Crippen LogP contribution in [0.2, 0.25) is 0 Å². The Bertz CT molecular complexity index is 654. The van der Waals surface area contributed by atoms with Crippen LogP contribution in [0, 0.1) is 0 Å². The van der Waals surface area contributed by atoms with Gasteiger partial charge < -0.3 is 4.52 Å². The van der Waals surface area contributed by atoms with E-state index in [0.717, 1.165) is 11.1 Å². The standard InChI is InChI=1S/C18H23O4P/c1-14(2)20-23(19,21-15(3)4)22-18-13-9-8-12-17(18)16-10-6-5-7-11-16/h5-15H,1-4H3. The van der Waals surface area contributed by atoms with Gasteiger partial charge in [-0.15, -0.1) is 0 Å². The molecule has 0 fully saturated rings. The molecule has 0 N–H and O–H groups in total. The second kappa shape index (κ2) is 7.78. The minimum absolute atomic E-state index is 0.275. The first-order valence-electron chi connectivity index (χ1n) is 7.70. The first kappa shape index (κ1) is 17.7. The molecule has 0 aliphatic rings. The predicted molar refractivity (Wildman–Crippen MR) is 92.6 cm³/mol. The van der Waals surface area contributed by atoms with E-state index in [1.807, 2.05) is 48.5 Å². The normalized spacial score (nSPS) is 11.9. The highest BCUT2D eigenvalue weighted by Crippen LogP contribution is 2.53. The SMILES string of the molecule is CC(C)OP(=O)(Oc1ccccc1-c1ccccc1)OC(C)C. The summed E-state index contributed by atoms with van der Waals surface area (Å²) in [7, 11) is -3.70. The zero-order valence-corrected chi connectivity index (χ0v) is 14.8. The fourth-order valence-electron chi connectivity index (χ4n) is 2.11. The van der Waals surface area contributed by atoms with Crippen LogP contribution in [-0.4, -0.2) is 12.2 Å². The van der Waals surface area contributed by atoms with Crippen molar-refractivity contribution in [2.24, 2.45) is 0 Å². The molecule has 2 rings (SSSR count). The third kappa shape index (κ3) is 5.21. The lowest BCUT2D eigenvalue weighted by atomic mass is 10.1. The van der Waals surface area contributed by atoms with Crippen LogP contribution in [0.1, 0.15) is 27.7 Å². The maximum Gasteiger partial charge on any atom is 0.530 e. The highest BCUT2D eigenvalue weighted by molar-refractivity contribution is 7.49. The average molecular weight is 334 g/mol. The molecule has 0 heterocycles. The van der Waals surface area contributed by atoms with Gasteiger partial charge in [0.05, 0.1) is 12.2 Å². The maximum atomic E-state index is 12.9. The van der Waals surface area contributed by atoms with Crippen LogP contribution in [0.5, 0.6) is 5.75 Å². The average Bonchev–Trinajstić information content (AvgIpc) is 2.46. The number of para-hydroxylation sites is 1. The van der Waals surface area contributed by atoms with Crippen molar-refractivity contribution in [2.75, 3.05) is 0 Å². The van der Waals surface area contributed by atoms with E-state index < -0.39 is 7.82 Å². The molecule has 2 aromatic carbocycles. The van der Waals surface area contributed by atoms with Gasteiger partial charge in [0.2, 0.25) is 0 Å². The van der Waals surface area contributed by atoms with Gasteiger partial charge in [0, 0.05) is 5.56 Å². The second-order valence-electron chi connectivity index (χ2n) is 5.71. The van der Waals surface area contributed by atoms with Gasteiger partial charge in [-0.2, -0.15) is 0 Å². The van der Waals surface area contributed by atoms with Crippen molar-refractivity contribution in [2.45, 2.75) is 39.9 Å². The Labute approximate surface area is 138 Å². The van der Waals surface area contributed by atoms with Crippen LogP contribution in [0.3, 0.4) is 0 Å². The highest BCUT2D eigenvalue weighted by atomic mass is 31.2. The van der Waals surface area contributed by atoms with Crippen molar-refractivity contribution in [3.05, 3.63) is 54.6 Å². The van der Waals surface area contributed by atoms with Crippen LogP contribution >= 0.6 is 7.82 Å². The molecule has 0 aliphatic heterocycles. The summed E-state index contributed by atoms with van der Waals surface area (Å²) in [6.45, 7) is 7.18. The van der Waals surface area contributed by atoms with Crippen LogP contribution in [0.4, 0.5) is 0 Å². The second-order valence-corrected chi connectivity index (χ2v) is 7.21. The molecular formula is C18H23O4P. The molecular weight excluding hydrogens is 311 g/mol. The minimum Gasteiger partial charge on any atom is -0.403 e. The van der Waals surface area contributed by atoms with Gasteiger partial charge in [-0.3, -0.25) is 9.05 Å². The molecule has 23 heavy (non-hydrogen) atoms. The molecule has 0 aliphatic carbocycles. The molecule has 0 unspecified atom stereocenters. The van der Waals surface area contributed by atoms with E-state index in [1.54, 1.807) is 33.8 Å². The Morgan fingerprint density at radius 1 is 0.783 bits per heavy atom. The Balaban J connectivity index is 2.36. The fraction of sp³-hybridized carbons (Fsp3) is 0.333. The number of hydrogen-bond acceptors (Lipinski definition) is 4. The van der Waals surface area contributed by atoms with Crippen molar-refractivity contribution in [3.8, 4) is 16.9 Å². The predicted octanol–water partition coefficient (Wildman–Crippen LogP) is 5.69. The smallest absolute Gasteiger partial charge is 0.403 e. The van der Waals surface area contributed by atoms with Crippen LogP contribution < -0.4 is 4.52 Å². The summed E-state index contributed by atoms with van der Waals surface area (Å²) in [6.07, 6.45) is -0.549. The summed E-state index contributed by atoms with van der Waals surface area (Å²) < 4.78 is 29.5. The molecule has 0 atom stereocenters. The molecule has 0 amide bonds. The summed E-state index contributed by atoms with van der Waals surface area (Å²) >= 11 is 0. The molecule has 5 heteroatoms. The molecule has 0 bridgehead atoms. The zero-order valence-electron chi connectivity index (χ0n) is 13.9. The number of hydrogen-bond donors (Lipinski definition) is 0. The molecule has 0 radical (unpaired) electrons. The van der Waals surface area contributed by atoms with E-state index in [2.05, 4.69) is 0 Å². The summed E-state index contributed by atoms with van der Waals surface area (Å²) in [5.74, 6) is 0.475. The first-order chi connectivity index (χ1) is 10.9. The number of rotatable bonds is 7. The Hall–Kier alpha value is -1.61. The van der Waals surface area contributed by atoms with Crippen molar-refractivity contribution in [1.29, 1.82) is 0 Å². The zero-order chi connectivity index (χ0) is 16.9. The third-order valence-electron chi connectivity index (χ3n) is 2.86. The van der Waals surface area contributed by atoms with Crippen molar-refractivity contribution in [1.82, 2.24) is 0 Å². The van der Waals surface area contributed by atoms with Gasteiger partial charge in [0.1, 0.15) is 5.75 Å². The summed E-state index contributed by atoms with van der Waals surface area (Å²) in [6, 6.07) is 17.2. The lowest BCUT2D eigenvalue weighted by Gasteiger charge is -2.23. The quantitative estimate of drug-likeness (QED) is 0.610. The van der Waals surface area contributed by atoms with Crippen LogP contribution in [-0.2, 0) is 13.6 Å². The Kier molecular flexibility index (Phi) is 6.00. The van der Waals surface area contributed by atoms with E-state index in [0.29, 0.717) is 5.75 Å². The third-order valence-corrected chi connectivity index (χ3v) is 4.64. The van der Waals surface area contributed by atoms with E-state index in [4.69, 9.17) is 13.6 Å². The molecule has 0 saturated carbocycles. The van der Waals surface area contributed by atoms with E-state index >= 15 is 0 Å². The maximum absolute atomic E-state index is 12.9. The Morgan fingerprint density at radius 3 is 1.87 bits per heavy atom. The number of phosphoric acid groups is 1. The first-order valence-corrected chi connectivity index (χ1v) is 9.16.